The molecule has 0 aromatic heterocycles. The average Bonchev–Trinajstić information content (AvgIpc) is 2.26. The van der Waals surface area contributed by atoms with Crippen LogP contribution in [0.4, 0.5) is 4.39 Å². The van der Waals surface area contributed by atoms with Crippen LogP contribution in [0.1, 0.15) is 18.6 Å². The van der Waals surface area contributed by atoms with Crippen molar-refractivity contribution < 1.29 is 24.4 Å². The highest BCUT2D eigenvalue weighted by Crippen LogP contribution is 2.38. The fraction of sp³-hybridized carbons (Fsp3) is 0.455. The van der Waals surface area contributed by atoms with Crippen molar-refractivity contribution in [2.45, 2.75) is 19.1 Å². The number of alkyl halides is 1. The van der Waals surface area contributed by atoms with E-state index < -0.39 is 18.8 Å². The van der Waals surface area contributed by atoms with Crippen LogP contribution in [0.15, 0.2) is 12.1 Å². The molecule has 1 aromatic rings. The zero-order valence-corrected chi connectivity index (χ0v) is 9.43. The van der Waals surface area contributed by atoms with Crippen molar-refractivity contribution in [2.24, 2.45) is 5.73 Å². The molecule has 2 atom stereocenters. The summed E-state index contributed by atoms with van der Waals surface area (Å²) in [5.74, 6) is -0.940. The second-order valence-electron chi connectivity index (χ2n) is 3.73. The second-order valence-corrected chi connectivity index (χ2v) is 3.73. The number of phenols is 2. The minimum absolute atomic E-state index is 0.205. The van der Waals surface area contributed by atoms with Crippen molar-refractivity contribution >= 4 is 0 Å². The van der Waals surface area contributed by atoms with Crippen LogP contribution >= 0.6 is 0 Å². The van der Waals surface area contributed by atoms with Gasteiger partial charge in [0, 0.05) is 6.04 Å². The molecular weight excluding hydrogens is 229 g/mol. The van der Waals surface area contributed by atoms with Crippen LogP contribution in [-0.2, 0) is 0 Å². The lowest BCUT2D eigenvalue weighted by Gasteiger charge is -2.17. The quantitative estimate of drug-likeness (QED) is 0.616. The summed E-state index contributed by atoms with van der Waals surface area (Å²) in [5, 5.41) is 28.8. The molecule has 0 spiro atoms. The lowest BCUT2D eigenvalue weighted by Crippen LogP contribution is -2.24. The molecule has 6 heteroatoms. The summed E-state index contributed by atoms with van der Waals surface area (Å²) >= 11 is 0. The van der Waals surface area contributed by atoms with Crippen LogP contribution in [0, 0.1) is 0 Å². The number of aromatic hydroxyl groups is 2. The van der Waals surface area contributed by atoms with Crippen molar-refractivity contribution in [3.8, 4) is 17.2 Å². The minimum atomic E-state index is -1.01. The van der Waals surface area contributed by atoms with Gasteiger partial charge >= 0.3 is 0 Å². The molecular formula is C11H16FNO4. The molecule has 0 aliphatic carbocycles. The van der Waals surface area contributed by atoms with Crippen molar-refractivity contribution in [1.82, 2.24) is 0 Å². The SMILES string of the molecule is CC(N)C(O)c1cc(O)c(OCCF)c(O)c1. The van der Waals surface area contributed by atoms with Crippen molar-refractivity contribution in [1.29, 1.82) is 0 Å². The van der Waals surface area contributed by atoms with E-state index in [9.17, 15) is 19.7 Å². The van der Waals surface area contributed by atoms with Crippen LogP contribution < -0.4 is 10.5 Å². The normalized spacial score (nSPS) is 14.4. The molecule has 1 rings (SSSR count). The Balaban J connectivity index is 3.00. The fourth-order valence-corrected chi connectivity index (χ4v) is 1.38. The van der Waals surface area contributed by atoms with Gasteiger partial charge in [-0.2, -0.15) is 0 Å². The first-order valence-electron chi connectivity index (χ1n) is 5.15. The molecule has 0 amide bonds. The molecule has 96 valence electrons. The fourth-order valence-electron chi connectivity index (χ4n) is 1.38. The van der Waals surface area contributed by atoms with E-state index in [1.165, 1.54) is 12.1 Å². The number of nitrogens with two attached hydrogens (primary N) is 1. The van der Waals surface area contributed by atoms with E-state index in [1.54, 1.807) is 6.92 Å². The lowest BCUT2D eigenvalue weighted by atomic mass is 10.0. The van der Waals surface area contributed by atoms with Gasteiger partial charge in [-0.25, -0.2) is 4.39 Å². The Labute approximate surface area is 98.3 Å². The summed E-state index contributed by atoms with van der Waals surface area (Å²) in [6.45, 7) is 0.589. The number of aliphatic hydroxyl groups excluding tert-OH is 1. The van der Waals surface area contributed by atoms with Crippen molar-refractivity contribution in [3.05, 3.63) is 17.7 Å². The Morgan fingerprint density at radius 3 is 2.29 bits per heavy atom. The molecule has 5 N–H and O–H groups in total. The lowest BCUT2D eigenvalue weighted by molar-refractivity contribution is 0.152. The number of rotatable bonds is 5. The number of phenolic OH excluding ortho intramolecular Hbond substituents is 2. The summed E-state index contributed by atoms with van der Waals surface area (Å²) in [6, 6.07) is 1.90. The molecule has 0 radical (unpaired) electrons. The van der Waals surface area contributed by atoms with Gasteiger partial charge < -0.3 is 25.8 Å². The predicted octanol–water partition coefficient (Wildman–Crippen LogP) is 0.827. The zero-order chi connectivity index (χ0) is 13.0. The summed E-state index contributed by atoms with van der Waals surface area (Å²) in [4.78, 5) is 0. The summed E-state index contributed by atoms with van der Waals surface area (Å²) < 4.78 is 16.7. The van der Waals surface area contributed by atoms with Gasteiger partial charge in [0.05, 0.1) is 6.10 Å². The van der Waals surface area contributed by atoms with Crippen LogP contribution in [0.5, 0.6) is 17.2 Å². The van der Waals surface area contributed by atoms with Gasteiger partial charge in [-0.15, -0.1) is 0 Å². The number of benzene rings is 1. The number of hydrogen-bond acceptors (Lipinski definition) is 5. The predicted molar refractivity (Wildman–Crippen MR) is 59.9 cm³/mol. The minimum Gasteiger partial charge on any atom is -0.504 e. The van der Waals surface area contributed by atoms with E-state index in [0.29, 0.717) is 0 Å². The standard InChI is InChI=1S/C11H16FNO4/c1-6(13)10(16)7-4-8(14)11(9(15)5-7)17-3-2-12/h4-6,10,14-16H,2-3,13H2,1H3. The largest absolute Gasteiger partial charge is 0.504 e. The molecule has 0 heterocycles. The van der Waals surface area contributed by atoms with Crippen LogP contribution in [0.25, 0.3) is 0 Å². The van der Waals surface area contributed by atoms with E-state index in [4.69, 9.17) is 10.5 Å². The third kappa shape index (κ3) is 3.21. The summed E-state index contributed by atoms with van der Waals surface area (Å²) in [6.07, 6.45) is -1.01. The summed E-state index contributed by atoms with van der Waals surface area (Å²) in [5.41, 5.74) is 5.76. The van der Waals surface area contributed by atoms with Gasteiger partial charge in [0.25, 0.3) is 0 Å². The smallest absolute Gasteiger partial charge is 0.203 e. The average molecular weight is 245 g/mol. The maximum Gasteiger partial charge on any atom is 0.203 e. The molecule has 1 aromatic carbocycles. The Kier molecular flexibility index (Phi) is 4.53. The molecule has 0 fully saturated rings. The molecule has 17 heavy (non-hydrogen) atoms. The van der Waals surface area contributed by atoms with Gasteiger partial charge in [-0.3, -0.25) is 0 Å². The Hall–Kier alpha value is -1.53. The van der Waals surface area contributed by atoms with Gasteiger partial charge in [-0.05, 0) is 24.6 Å². The first-order chi connectivity index (χ1) is 7.97. The van der Waals surface area contributed by atoms with E-state index >= 15 is 0 Å². The van der Waals surface area contributed by atoms with Crippen LogP contribution in [0.3, 0.4) is 0 Å². The molecule has 0 aliphatic rings. The highest BCUT2D eigenvalue weighted by Gasteiger charge is 2.18. The summed E-state index contributed by atoms with van der Waals surface area (Å²) in [7, 11) is 0. The van der Waals surface area contributed by atoms with E-state index in [1.807, 2.05) is 0 Å². The first kappa shape index (κ1) is 13.5. The number of aliphatic hydroxyl groups is 1. The van der Waals surface area contributed by atoms with Crippen LogP contribution in [0.2, 0.25) is 0 Å². The van der Waals surface area contributed by atoms with Gasteiger partial charge in [0.1, 0.15) is 13.3 Å². The number of halogens is 1. The van der Waals surface area contributed by atoms with Gasteiger partial charge in [-0.1, -0.05) is 0 Å². The third-order valence-corrected chi connectivity index (χ3v) is 2.24. The number of hydrogen-bond donors (Lipinski definition) is 4. The van der Waals surface area contributed by atoms with Crippen LogP contribution in [-0.4, -0.2) is 34.6 Å². The van der Waals surface area contributed by atoms with E-state index in [2.05, 4.69) is 0 Å². The van der Waals surface area contributed by atoms with Gasteiger partial charge in [0.2, 0.25) is 5.75 Å². The Morgan fingerprint density at radius 1 is 1.35 bits per heavy atom. The molecule has 0 aliphatic heterocycles. The second kappa shape index (κ2) is 5.70. The molecule has 0 saturated carbocycles. The third-order valence-electron chi connectivity index (χ3n) is 2.24. The zero-order valence-electron chi connectivity index (χ0n) is 9.43. The molecule has 2 unspecified atom stereocenters. The van der Waals surface area contributed by atoms with E-state index in [-0.39, 0.29) is 29.4 Å². The van der Waals surface area contributed by atoms with Crippen molar-refractivity contribution in [2.75, 3.05) is 13.3 Å². The molecule has 0 saturated heterocycles. The monoisotopic (exact) mass is 245 g/mol. The molecule has 0 bridgehead atoms. The van der Waals surface area contributed by atoms with E-state index in [0.717, 1.165) is 0 Å². The first-order valence-corrected chi connectivity index (χ1v) is 5.15. The van der Waals surface area contributed by atoms with Gasteiger partial charge in [0.15, 0.2) is 11.5 Å². The highest BCUT2D eigenvalue weighted by atomic mass is 19.1. The Bertz CT molecular complexity index is 361. The molecule has 5 nitrogen and oxygen atoms in total. The number of ether oxygens (including phenoxy) is 1. The Morgan fingerprint density at radius 2 is 1.88 bits per heavy atom. The maximum absolute atomic E-state index is 11.9. The highest BCUT2D eigenvalue weighted by molar-refractivity contribution is 5.52. The topological polar surface area (TPSA) is 95.9 Å². The maximum atomic E-state index is 11.9. The van der Waals surface area contributed by atoms with Crippen molar-refractivity contribution in [3.63, 3.8) is 0 Å².